The van der Waals surface area contributed by atoms with Gasteiger partial charge < -0.3 is 15.4 Å². The molecule has 1 aliphatic heterocycles. The van der Waals surface area contributed by atoms with Crippen LogP contribution in [0.25, 0.3) is 0 Å². The maximum Gasteiger partial charge on any atom is 0.416 e. The normalized spacial score (nSPS) is 16.3. The van der Waals surface area contributed by atoms with Crippen molar-refractivity contribution < 1.29 is 22.3 Å². The zero-order valence-electron chi connectivity index (χ0n) is 16.9. The number of rotatable bonds is 6. The van der Waals surface area contributed by atoms with Crippen LogP contribution in [0.3, 0.4) is 0 Å². The van der Waals surface area contributed by atoms with Crippen molar-refractivity contribution in [1.29, 1.82) is 0 Å². The maximum absolute atomic E-state index is 13.3. The van der Waals surface area contributed by atoms with E-state index in [1.165, 1.54) is 0 Å². The fraction of sp³-hybridized carbons (Fsp3) is 0.632. The number of hydrogen-bond acceptors (Lipinski definition) is 3. The highest BCUT2D eigenvalue weighted by molar-refractivity contribution is 14.0. The molecule has 5 nitrogen and oxygen atoms in total. The Morgan fingerprint density at radius 1 is 1.17 bits per heavy atom. The van der Waals surface area contributed by atoms with Gasteiger partial charge in [-0.3, -0.25) is 4.90 Å². The van der Waals surface area contributed by atoms with Gasteiger partial charge in [0.25, 0.3) is 0 Å². The van der Waals surface area contributed by atoms with E-state index in [-0.39, 0.29) is 41.6 Å². The van der Waals surface area contributed by atoms with Gasteiger partial charge in [0.2, 0.25) is 0 Å². The summed E-state index contributed by atoms with van der Waals surface area (Å²) in [6.45, 7) is 10.0. The lowest BCUT2D eigenvalue weighted by Gasteiger charge is -2.41. The van der Waals surface area contributed by atoms with Crippen molar-refractivity contribution in [3.63, 3.8) is 0 Å². The molecular weight excluding hydrogens is 503 g/mol. The van der Waals surface area contributed by atoms with Crippen LogP contribution in [0.1, 0.15) is 31.9 Å². The number of benzene rings is 1. The van der Waals surface area contributed by atoms with E-state index in [1.807, 2.05) is 6.92 Å². The van der Waals surface area contributed by atoms with Gasteiger partial charge >= 0.3 is 6.18 Å². The molecule has 0 aromatic heterocycles. The molecule has 10 heteroatoms. The van der Waals surface area contributed by atoms with Gasteiger partial charge in [0.15, 0.2) is 5.96 Å². The summed E-state index contributed by atoms with van der Waals surface area (Å²) in [5.74, 6) is -0.501. The zero-order chi connectivity index (χ0) is 20.8. The van der Waals surface area contributed by atoms with Crippen molar-refractivity contribution in [3.05, 3.63) is 35.1 Å². The van der Waals surface area contributed by atoms with Gasteiger partial charge in [-0.2, -0.15) is 13.2 Å². The number of ether oxygens (including phenoxy) is 1. The van der Waals surface area contributed by atoms with Gasteiger partial charge in [0, 0.05) is 31.7 Å². The van der Waals surface area contributed by atoms with E-state index in [1.54, 1.807) is 0 Å². The quantitative estimate of drug-likeness (QED) is 0.255. The van der Waals surface area contributed by atoms with Crippen LogP contribution in [0.4, 0.5) is 17.6 Å². The van der Waals surface area contributed by atoms with Crippen molar-refractivity contribution in [2.75, 3.05) is 39.4 Å². The summed E-state index contributed by atoms with van der Waals surface area (Å²) in [6.07, 6.45) is -4.63. The zero-order valence-corrected chi connectivity index (χ0v) is 19.2. The number of guanidine groups is 1. The molecule has 1 fully saturated rings. The Balaban J connectivity index is 0.00000420. The van der Waals surface area contributed by atoms with Crippen LogP contribution in [0, 0.1) is 5.82 Å². The predicted molar refractivity (Wildman–Crippen MR) is 116 cm³/mol. The van der Waals surface area contributed by atoms with Crippen molar-refractivity contribution in [1.82, 2.24) is 15.5 Å². The van der Waals surface area contributed by atoms with Crippen LogP contribution in [0.15, 0.2) is 23.2 Å². The Labute approximate surface area is 186 Å². The lowest BCUT2D eigenvalue weighted by atomic mass is 10.0. The Hall–Kier alpha value is -1.14. The average Bonchev–Trinajstić information content (AvgIpc) is 2.65. The van der Waals surface area contributed by atoms with Crippen LogP contribution < -0.4 is 10.6 Å². The van der Waals surface area contributed by atoms with Crippen LogP contribution in [0.5, 0.6) is 0 Å². The number of nitrogens with zero attached hydrogens (tertiary/aromatic N) is 2. The smallest absolute Gasteiger partial charge is 0.379 e. The van der Waals surface area contributed by atoms with Gasteiger partial charge in [0.1, 0.15) is 5.82 Å². The molecule has 0 bridgehead atoms. The summed E-state index contributed by atoms with van der Waals surface area (Å²) < 4.78 is 58.1. The molecule has 0 radical (unpaired) electrons. The lowest BCUT2D eigenvalue weighted by molar-refractivity contribution is -0.138. The molecule has 0 amide bonds. The third-order valence-electron chi connectivity index (χ3n) is 4.68. The van der Waals surface area contributed by atoms with Gasteiger partial charge in [0.05, 0.1) is 25.3 Å². The number of halogens is 5. The SMILES string of the molecule is CCNC(=NCc1ccc(F)cc1C(F)(F)F)NCC(C)(C)N1CCOCC1.I. The minimum atomic E-state index is -4.63. The Bertz CT molecular complexity index is 677. The van der Waals surface area contributed by atoms with Crippen LogP contribution in [-0.2, 0) is 17.5 Å². The standard InChI is InChI=1S/C19H28F4N4O.HI/c1-4-24-17(26-13-18(2,3)27-7-9-28-10-8-27)25-12-14-5-6-15(20)11-16(14)19(21,22)23;/h5-6,11H,4,7-10,12-13H2,1-3H3,(H2,24,25,26);1H. The van der Waals surface area contributed by atoms with E-state index in [0.29, 0.717) is 38.3 Å². The van der Waals surface area contributed by atoms with E-state index in [4.69, 9.17) is 4.74 Å². The van der Waals surface area contributed by atoms with E-state index in [0.717, 1.165) is 25.2 Å². The minimum absolute atomic E-state index is 0. The highest BCUT2D eigenvalue weighted by atomic mass is 127. The van der Waals surface area contributed by atoms with Gasteiger partial charge in [-0.1, -0.05) is 6.07 Å². The second-order valence-corrected chi connectivity index (χ2v) is 7.26. The molecule has 2 rings (SSSR count). The molecule has 1 aliphatic rings. The monoisotopic (exact) mass is 532 g/mol. The molecule has 1 heterocycles. The average molecular weight is 532 g/mol. The second kappa shape index (κ2) is 11.3. The van der Waals surface area contributed by atoms with Crippen LogP contribution >= 0.6 is 24.0 Å². The summed E-state index contributed by atoms with van der Waals surface area (Å²) in [6, 6.07) is 2.65. The molecule has 1 aromatic rings. The summed E-state index contributed by atoms with van der Waals surface area (Å²) in [4.78, 5) is 6.56. The summed E-state index contributed by atoms with van der Waals surface area (Å²) >= 11 is 0. The first kappa shape index (κ1) is 25.9. The largest absolute Gasteiger partial charge is 0.416 e. The molecule has 0 saturated carbocycles. The first-order valence-electron chi connectivity index (χ1n) is 9.34. The van der Waals surface area contributed by atoms with Gasteiger partial charge in [-0.25, -0.2) is 9.38 Å². The molecule has 29 heavy (non-hydrogen) atoms. The topological polar surface area (TPSA) is 48.9 Å². The number of morpholine rings is 1. The van der Waals surface area contributed by atoms with Crippen molar-refractivity contribution in [3.8, 4) is 0 Å². The van der Waals surface area contributed by atoms with Crippen LogP contribution in [-0.4, -0.2) is 55.8 Å². The molecule has 1 saturated heterocycles. The Morgan fingerprint density at radius 3 is 2.41 bits per heavy atom. The fourth-order valence-corrected chi connectivity index (χ4v) is 3.04. The van der Waals surface area contributed by atoms with Crippen molar-refractivity contribution in [2.24, 2.45) is 4.99 Å². The van der Waals surface area contributed by atoms with Crippen LogP contribution in [0.2, 0.25) is 0 Å². The molecule has 0 aliphatic carbocycles. The second-order valence-electron chi connectivity index (χ2n) is 7.26. The van der Waals surface area contributed by atoms with E-state index < -0.39 is 17.6 Å². The van der Waals surface area contributed by atoms with E-state index >= 15 is 0 Å². The number of aliphatic imine (C=N–C) groups is 1. The van der Waals surface area contributed by atoms with E-state index in [9.17, 15) is 17.6 Å². The number of alkyl halides is 3. The number of nitrogens with one attached hydrogen (secondary N) is 2. The first-order valence-corrected chi connectivity index (χ1v) is 9.34. The minimum Gasteiger partial charge on any atom is -0.379 e. The predicted octanol–water partition coefficient (Wildman–Crippen LogP) is 3.63. The first-order chi connectivity index (χ1) is 13.1. The highest BCUT2D eigenvalue weighted by Crippen LogP contribution is 2.32. The molecule has 166 valence electrons. The summed E-state index contributed by atoms with van der Waals surface area (Å²) in [7, 11) is 0. The van der Waals surface area contributed by atoms with Gasteiger partial charge in [-0.15, -0.1) is 24.0 Å². The lowest BCUT2D eigenvalue weighted by Crippen LogP contribution is -2.56. The van der Waals surface area contributed by atoms with Crippen molar-refractivity contribution >= 4 is 29.9 Å². The molecule has 0 unspecified atom stereocenters. The number of hydrogen-bond donors (Lipinski definition) is 2. The highest BCUT2D eigenvalue weighted by Gasteiger charge is 2.33. The third kappa shape index (κ3) is 7.89. The summed E-state index contributed by atoms with van der Waals surface area (Å²) in [5.41, 5.74) is -1.24. The van der Waals surface area contributed by atoms with Crippen molar-refractivity contribution in [2.45, 2.75) is 39.0 Å². The summed E-state index contributed by atoms with van der Waals surface area (Å²) in [5, 5.41) is 6.24. The molecule has 0 atom stereocenters. The molecule has 2 N–H and O–H groups in total. The fourth-order valence-electron chi connectivity index (χ4n) is 3.04. The third-order valence-corrected chi connectivity index (χ3v) is 4.68. The molecule has 1 aromatic carbocycles. The Morgan fingerprint density at radius 2 is 1.83 bits per heavy atom. The Kier molecular flexibility index (Phi) is 10.1. The van der Waals surface area contributed by atoms with Gasteiger partial charge in [-0.05, 0) is 38.5 Å². The molecular formula is C19H29F4IN4O. The maximum atomic E-state index is 13.3. The van der Waals surface area contributed by atoms with E-state index in [2.05, 4.69) is 34.4 Å². The molecule has 0 spiro atoms.